The Hall–Kier alpha value is -4.34. The standard InChI is InChI=1S/C25H24F3N7O4S/c1-14(36)23(37)32-17-6-4-16(5-7-17)19-10-11-20-21(33-19)22(31-13-25(26,27)28)35-24(34-20)30-12-15-2-8-18(9-3-15)40(29,38)39/h2-11,14,36H,12-13H2,1H3,(H,32,37)(H2,29,38,39)(H2,30,31,34,35)/t14-/m1/s1. The number of rotatable bonds is 9. The highest BCUT2D eigenvalue weighted by Gasteiger charge is 2.27. The van der Waals surface area contributed by atoms with Crippen LogP contribution in [0.15, 0.2) is 65.6 Å². The number of primary sulfonamides is 1. The highest BCUT2D eigenvalue weighted by molar-refractivity contribution is 7.89. The van der Waals surface area contributed by atoms with Crippen molar-refractivity contribution in [2.45, 2.75) is 30.6 Å². The second kappa shape index (κ2) is 11.4. The number of fused-ring (bicyclic) bond motifs is 1. The summed E-state index contributed by atoms with van der Waals surface area (Å²) in [6, 6.07) is 15.5. The summed E-state index contributed by atoms with van der Waals surface area (Å²) in [6.45, 7) is 0.139. The van der Waals surface area contributed by atoms with Crippen molar-refractivity contribution in [3.8, 4) is 11.3 Å². The smallest absolute Gasteiger partial charge is 0.384 e. The number of aliphatic hydroxyl groups is 1. The van der Waals surface area contributed by atoms with Crippen LogP contribution in [0.5, 0.6) is 0 Å². The number of nitrogens with zero attached hydrogens (tertiary/aromatic N) is 3. The number of anilines is 3. The van der Waals surface area contributed by atoms with Crippen molar-refractivity contribution in [2.24, 2.45) is 5.14 Å². The Labute approximate surface area is 226 Å². The molecule has 0 saturated carbocycles. The molecular weight excluding hydrogens is 551 g/mol. The number of nitrogens with two attached hydrogens (primary N) is 1. The molecule has 1 amide bonds. The summed E-state index contributed by atoms with van der Waals surface area (Å²) in [7, 11) is -3.85. The van der Waals surface area contributed by atoms with Gasteiger partial charge in [-0.1, -0.05) is 24.3 Å². The number of sulfonamides is 1. The SMILES string of the molecule is C[C@@H](O)C(=O)Nc1ccc(-c2ccc3nc(NCc4ccc(S(N)(=O)=O)cc4)nc(NCC(F)(F)F)c3n2)cc1. The molecule has 210 valence electrons. The number of carbonyl (C=O) groups excluding carboxylic acids is 1. The van der Waals surface area contributed by atoms with Gasteiger partial charge in [0, 0.05) is 17.8 Å². The van der Waals surface area contributed by atoms with Crippen LogP contribution in [-0.4, -0.2) is 53.2 Å². The van der Waals surface area contributed by atoms with Crippen molar-refractivity contribution < 1.29 is 31.5 Å². The lowest BCUT2D eigenvalue weighted by molar-refractivity contribution is -0.123. The van der Waals surface area contributed by atoms with Crippen molar-refractivity contribution in [3.63, 3.8) is 0 Å². The van der Waals surface area contributed by atoms with Crippen LogP contribution in [0.25, 0.3) is 22.3 Å². The molecule has 0 radical (unpaired) electrons. The second-order valence-electron chi connectivity index (χ2n) is 8.71. The molecule has 11 nitrogen and oxygen atoms in total. The first-order valence-corrected chi connectivity index (χ1v) is 13.3. The molecule has 2 aromatic carbocycles. The minimum atomic E-state index is -4.51. The van der Waals surface area contributed by atoms with Gasteiger partial charge >= 0.3 is 6.18 Å². The van der Waals surface area contributed by atoms with Crippen LogP contribution >= 0.6 is 0 Å². The number of nitrogens with one attached hydrogen (secondary N) is 3. The van der Waals surface area contributed by atoms with Crippen LogP contribution < -0.4 is 21.1 Å². The number of pyridine rings is 1. The number of alkyl halides is 3. The summed E-state index contributed by atoms with van der Waals surface area (Å²) < 4.78 is 61.9. The highest BCUT2D eigenvalue weighted by atomic mass is 32.2. The summed E-state index contributed by atoms with van der Waals surface area (Å²) in [4.78, 5) is 24.7. The molecule has 0 aliphatic carbocycles. The van der Waals surface area contributed by atoms with E-state index < -0.39 is 34.8 Å². The topological polar surface area (TPSA) is 172 Å². The van der Waals surface area contributed by atoms with Crippen molar-refractivity contribution in [2.75, 3.05) is 22.5 Å². The van der Waals surface area contributed by atoms with E-state index in [1.54, 1.807) is 36.4 Å². The van der Waals surface area contributed by atoms with Gasteiger partial charge in [-0.2, -0.15) is 18.2 Å². The summed E-state index contributed by atoms with van der Waals surface area (Å²) in [6.07, 6.45) is -5.70. The van der Waals surface area contributed by atoms with Gasteiger partial charge in [-0.15, -0.1) is 0 Å². The molecule has 15 heteroatoms. The van der Waals surface area contributed by atoms with Gasteiger partial charge < -0.3 is 21.1 Å². The molecule has 0 unspecified atom stereocenters. The van der Waals surface area contributed by atoms with Gasteiger partial charge in [-0.3, -0.25) is 4.79 Å². The fourth-order valence-electron chi connectivity index (χ4n) is 3.51. The number of aliphatic hydroxyl groups excluding tert-OH is 1. The molecule has 0 aliphatic heterocycles. The Balaban J connectivity index is 1.61. The normalized spacial score (nSPS) is 12.7. The number of hydrogen-bond acceptors (Lipinski definition) is 9. The maximum atomic E-state index is 13.0. The summed E-state index contributed by atoms with van der Waals surface area (Å²) in [5.41, 5.74) is 2.52. The van der Waals surface area contributed by atoms with E-state index in [0.29, 0.717) is 22.5 Å². The first kappa shape index (κ1) is 28.7. The number of hydrogen-bond donors (Lipinski definition) is 5. The van der Waals surface area contributed by atoms with E-state index in [9.17, 15) is 31.5 Å². The second-order valence-corrected chi connectivity index (χ2v) is 10.3. The van der Waals surface area contributed by atoms with Crippen LogP contribution in [0.2, 0.25) is 0 Å². The molecule has 2 heterocycles. The highest BCUT2D eigenvalue weighted by Crippen LogP contribution is 2.27. The Morgan fingerprint density at radius 3 is 2.25 bits per heavy atom. The summed E-state index contributed by atoms with van der Waals surface area (Å²) in [5.74, 6) is -0.684. The fraction of sp³-hybridized carbons (Fsp3) is 0.200. The van der Waals surface area contributed by atoms with E-state index in [0.717, 1.165) is 0 Å². The zero-order chi connectivity index (χ0) is 29.1. The zero-order valence-electron chi connectivity index (χ0n) is 20.9. The minimum absolute atomic E-state index is 0.0282. The number of amides is 1. The van der Waals surface area contributed by atoms with E-state index in [4.69, 9.17) is 5.14 Å². The molecule has 4 aromatic rings. The molecule has 2 aromatic heterocycles. The maximum absolute atomic E-state index is 13.0. The van der Waals surface area contributed by atoms with Gasteiger partial charge in [0.1, 0.15) is 18.2 Å². The van der Waals surface area contributed by atoms with Gasteiger partial charge in [0.25, 0.3) is 5.91 Å². The maximum Gasteiger partial charge on any atom is 0.405 e. The Kier molecular flexibility index (Phi) is 8.18. The van der Waals surface area contributed by atoms with Gasteiger partial charge in [-0.25, -0.2) is 23.5 Å². The lowest BCUT2D eigenvalue weighted by atomic mass is 10.1. The lowest BCUT2D eigenvalue weighted by Gasteiger charge is -2.14. The minimum Gasteiger partial charge on any atom is -0.384 e. The number of halogens is 3. The van der Waals surface area contributed by atoms with Crippen molar-refractivity contribution in [3.05, 3.63) is 66.2 Å². The molecule has 0 aliphatic rings. The van der Waals surface area contributed by atoms with E-state index in [-0.39, 0.29) is 34.2 Å². The molecule has 0 spiro atoms. The van der Waals surface area contributed by atoms with E-state index in [2.05, 4.69) is 30.9 Å². The van der Waals surface area contributed by atoms with Crippen molar-refractivity contribution in [1.82, 2.24) is 15.0 Å². The number of aromatic nitrogens is 3. The first-order valence-electron chi connectivity index (χ1n) is 11.7. The third kappa shape index (κ3) is 7.40. The van der Waals surface area contributed by atoms with Crippen LogP contribution in [-0.2, 0) is 21.4 Å². The third-order valence-corrected chi connectivity index (χ3v) is 6.46. The molecule has 4 rings (SSSR count). The Morgan fingerprint density at radius 2 is 1.65 bits per heavy atom. The number of carbonyl (C=O) groups is 1. The average molecular weight is 576 g/mol. The lowest BCUT2D eigenvalue weighted by Crippen LogP contribution is -2.24. The molecule has 0 fully saturated rings. The van der Waals surface area contributed by atoms with Gasteiger partial charge in [0.15, 0.2) is 5.82 Å². The van der Waals surface area contributed by atoms with E-state index in [1.807, 2.05) is 0 Å². The first-order chi connectivity index (χ1) is 18.8. The van der Waals surface area contributed by atoms with Gasteiger partial charge in [0.2, 0.25) is 16.0 Å². The molecule has 40 heavy (non-hydrogen) atoms. The number of benzene rings is 2. The fourth-order valence-corrected chi connectivity index (χ4v) is 4.03. The van der Waals surface area contributed by atoms with Crippen molar-refractivity contribution in [1.29, 1.82) is 0 Å². The Bertz CT molecular complexity index is 1630. The summed E-state index contributed by atoms with van der Waals surface area (Å²) in [5, 5.41) is 22.2. The predicted molar refractivity (Wildman–Crippen MR) is 143 cm³/mol. The third-order valence-electron chi connectivity index (χ3n) is 5.53. The monoisotopic (exact) mass is 575 g/mol. The zero-order valence-corrected chi connectivity index (χ0v) is 21.7. The molecule has 0 saturated heterocycles. The Morgan fingerprint density at radius 1 is 0.975 bits per heavy atom. The quantitative estimate of drug-likeness (QED) is 0.201. The van der Waals surface area contributed by atoms with E-state index >= 15 is 0 Å². The largest absolute Gasteiger partial charge is 0.405 e. The van der Waals surface area contributed by atoms with E-state index in [1.165, 1.54) is 31.2 Å². The van der Waals surface area contributed by atoms with Crippen LogP contribution in [0, 0.1) is 0 Å². The molecular formula is C25H24F3N7O4S. The van der Waals surface area contributed by atoms with Gasteiger partial charge in [0.05, 0.1) is 16.1 Å². The molecule has 0 bridgehead atoms. The van der Waals surface area contributed by atoms with Gasteiger partial charge in [-0.05, 0) is 48.9 Å². The van der Waals surface area contributed by atoms with Crippen LogP contribution in [0.3, 0.4) is 0 Å². The molecule has 6 N–H and O–H groups in total. The summed E-state index contributed by atoms with van der Waals surface area (Å²) >= 11 is 0. The van der Waals surface area contributed by atoms with Crippen molar-refractivity contribution >= 4 is 44.4 Å². The predicted octanol–water partition coefficient (Wildman–Crippen LogP) is 3.24. The molecule has 1 atom stereocenters. The van der Waals surface area contributed by atoms with Crippen LogP contribution in [0.4, 0.5) is 30.6 Å². The average Bonchev–Trinajstić information content (AvgIpc) is 2.90. The van der Waals surface area contributed by atoms with Crippen LogP contribution in [0.1, 0.15) is 12.5 Å².